The summed E-state index contributed by atoms with van der Waals surface area (Å²) >= 11 is 0. The van der Waals surface area contributed by atoms with Gasteiger partial charge in [0.05, 0.1) is 64.1 Å². The molecule has 39 heavy (non-hydrogen) atoms. The van der Waals surface area contributed by atoms with Crippen molar-refractivity contribution < 1.29 is 33.2 Å². The molecule has 4 aromatic rings. The monoisotopic (exact) mass is 532 g/mol. The molecule has 2 heterocycles. The lowest BCUT2D eigenvalue weighted by Gasteiger charge is -2.10. The van der Waals surface area contributed by atoms with Crippen molar-refractivity contribution in [3.05, 3.63) is 90.0 Å². The van der Waals surface area contributed by atoms with E-state index in [-0.39, 0.29) is 11.5 Å². The minimum absolute atomic E-state index is 0.101. The van der Waals surface area contributed by atoms with Crippen LogP contribution in [0.25, 0.3) is 0 Å². The summed E-state index contributed by atoms with van der Waals surface area (Å²) in [7, 11) is 5.96. The average molecular weight is 533 g/mol. The topological polar surface area (TPSA) is 140 Å². The first-order valence-corrected chi connectivity index (χ1v) is 11.1. The highest BCUT2D eigenvalue weighted by molar-refractivity contribution is 5.48. The first-order chi connectivity index (χ1) is 18.9. The molecule has 11 heteroatoms. The Morgan fingerprint density at radius 2 is 1.23 bits per heavy atom. The number of methoxy groups -OCH3 is 4. The molecule has 2 aromatic carbocycles. The zero-order valence-corrected chi connectivity index (χ0v) is 21.6. The van der Waals surface area contributed by atoms with Crippen molar-refractivity contribution in [2.45, 2.75) is 0 Å². The number of hydrogen-bond donors (Lipinski definition) is 1. The summed E-state index contributed by atoms with van der Waals surface area (Å²) in [5.74, 6) is 2.39. The summed E-state index contributed by atoms with van der Waals surface area (Å²) in [5.41, 5.74) is 0.903. The number of benzene rings is 2. The predicted molar refractivity (Wildman–Crippen MR) is 139 cm³/mol. The normalized spacial score (nSPS) is 9.21. The summed E-state index contributed by atoms with van der Waals surface area (Å²) in [4.78, 5) is 7.77. The second-order valence-corrected chi connectivity index (χ2v) is 7.14. The lowest BCUT2D eigenvalue weighted by molar-refractivity contribution is 0.375. The maximum atomic E-state index is 12.7. The van der Waals surface area contributed by atoms with Crippen LogP contribution in [0.1, 0.15) is 11.1 Å². The van der Waals surface area contributed by atoms with Gasteiger partial charge in [-0.05, 0) is 36.4 Å². The van der Waals surface area contributed by atoms with Crippen LogP contribution in [0.3, 0.4) is 0 Å². The van der Waals surface area contributed by atoms with E-state index in [1.807, 2.05) is 12.1 Å². The number of aromatic hydroxyl groups is 1. The van der Waals surface area contributed by atoms with Gasteiger partial charge < -0.3 is 28.8 Å². The minimum atomic E-state index is -0.452. The standard InChI is InChI=1S/C14H12N2O3.C8H6FNO.C6H7NO2/c1-17-13-7-10(8-15)3-5-12(13)19-11-4-6-14(18-2)16-9-11;1-11-8-4-6(5-10)2-3-7(8)9;1-9-6-3-2-5(8)4-7-6/h3-7,9H,1-2H3;2-4H,1H3;2-4,8H,1H3. The Kier molecular flexibility index (Phi) is 11.8. The van der Waals surface area contributed by atoms with Crippen LogP contribution >= 0.6 is 0 Å². The summed E-state index contributed by atoms with van der Waals surface area (Å²) in [6, 6.07) is 19.4. The molecule has 200 valence electrons. The Morgan fingerprint density at radius 1 is 0.667 bits per heavy atom. The fraction of sp³-hybridized carbons (Fsp3) is 0.143. The number of aromatic nitrogens is 2. The first kappa shape index (κ1) is 29.7. The van der Waals surface area contributed by atoms with Gasteiger partial charge in [-0.3, -0.25) is 0 Å². The molecule has 0 atom stereocenters. The molecule has 4 rings (SSSR count). The SMILES string of the molecule is COc1cc(C#N)ccc1F.COc1ccc(O)cn1.COc1ccc(Oc2ccc(C#N)cc2OC)cn1. The van der Waals surface area contributed by atoms with Crippen LogP contribution in [-0.2, 0) is 0 Å². The van der Waals surface area contributed by atoms with Gasteiger partial charge in [-0.15, -0.1) is 0 Å². The number of nitriles is 2. The molecular weight excluding hydrogens is 507 g/mol. The third kappa shape index (κ3) is 9.44. The predicted octanol–water partition coefficient (Wildman–Crippen LogP) is 5.26. The van der Waals surface area contributed by atoms with Gasteiger partial charge in [0, 0.05) is 24.3 Å². The molecule has 0 saturated heterocycles. The van der Waals surface area contributed by atoms with Crippen LogP contribution in [0.5, 0.6) is 40.5 Å². The van der Waals surface area contributed by atoms with Crippen molar-refractivity contribution >= 4 is 0 Å². The third-order valence-corrected chi connectivity index (χ3v) is 4.65. The van der Waals surface area contributed by atoms with Gasteiger partial charge in [0.2, 0.25) is 11.8 Å². The number of nitrogens with zero attached hydrogens (tertiary/aromatic N) is 4. The largest absolute Gasteiger partial charge is 0.506 e. The van der Waals surface area contributed by atoms with Crippen LogP contribution in [0.2, 0.25) is 0 Å². The zero-order chi connectivity index (χ0) is 28.6. The smallest absolute Gasteiger partial charge is 0.213 e. The molecule has 0 unspecified atom stereocenters. The summed E-state index contributed by atoms with van der Waals surface area (Å²) in [6.45, 7) is 0. The molecule has 0 bridgehead atoms. The first-order valence-electron chi connectivity index (χ1n) is 11.1. The summed E-state index contributed by atoms with van der Waals surface area (Å²) in [6.07, 6.45) is 2.88. The molecule has 0 fully saturated rings. The molecule has 0 saturated carbocycles. The average Bonchev–Trinajstić information content (AvgIpc) is 2.99. The second kappa shape index (κ2) is 15.5. The van der Waals surface area contributed by atoms with Crippen LogP contribution in [0, 0.1) is 28.5 Å². The maximum absolute atomic E-state index is 12.7. The lowest BCUT2D eigenvalue weighted by atomic mass is 10.2. The van der Waals surface area contributed by atoms with E-state index in [1.54, 1.807) is 49.7 Å². The molecule has 0 aliphatic rings. The Bertz CT molecular complexity index is 1420. The number of rotatable bonds is 6. The highest BCUT2D eigenvalue weighted by atomic mass is 19.1. The van der Waals surface area contributed by atoms with Crippen LogP contribution in [-0.4, -0.2) is 43.5 Å². The van der Waals surface area contributed by atoms with Gasteiger partial charge in [0.1, 0.15) is 11.5 Å². The molecule has 2 aromatic heterocycles. The van der Waals surface area contributed by atoms with Crippen molar-refractivity contribution in [1.29, 1.82) is 10.5 Å². The van der Waals surface area contributed by atoms with E-state index in [1.165, 1.54) is 51.8 Å². The van der Waals surface area contributed by atoms with Crippen molar-refractivity contribution in [2.24, 2.45) is 0 Å². The van der Waals surface area contributed by atoms with Gasteiger partial charge in [-0.2, -0.15) is 10.5 Å². The van der Waals surface area contributed by atoms with E-state index in [0.717, 1.165) is 0 Å². The molecule has 0 spiro atoms. The van der Waals surface area contributed by atoms with Crippen LogP contribution in [0.15, 0.2) is 73.1 Å². The van der Waals surface area contributed by atoms with Crippen molar-refractivity contribution in [2.75, 3.05) is 28.4 Å². The summed E-state index contributed by atoms with van der Waals surface area (Å²) < 4.78 is 37.9. The van der Waals surface area contributed by atoms with E-state index < -0.39 is 5.82 Å². The highest BCUT2D eigenvalue weighted by Gasteiger charge is 2.07. The Morgan fingerprint density at radius 3 is 1.72 bits per heavy atom. The molecule has 0 aliphatic carbocycles. The molecule has 1 N–H and O–H groups in total. The third-order valence-electron chi connectivity index (χ3n) is 4.65. The molecule has 0 aliphatic heterocycles. The number of pyridine rings is 2. The Balaban J connectivity index is 0.000000226. The van der Waals surface area contributed by atoms with Crippen molar-refractivity contribution in [1.82, 2.24) is 9.97 Å². The fourth-order valence-electron chi connectivity index (χ4n) is 2.72. The molecule has 0 radical (unpaired) electrons. The van der Waals surface area contributed by atoms with Gasteiger partial charge >= 0.3 is 0 Å². The van der Waals surface area contributed by atoms with Gasteiger partial charge in [0.15, 0.2) is 23.1 Å². The highest BCUT2D eigenvalue weighted by Crippen LogP contribution is 2.32. The van der Waals surface area contributed by atoms with E-state index in [9.17, 15) is 4.39 Å². The number of ether oxygens (including phenoxy) is 5. The zero-order valence-electron chi connectivity index (χ0n) is 21.6. The molecular formula is C28H25FN4O6. The number of halogens is 1. The quantitative estimate of drug-likeness (QED) is 0.349. The number of hydrogen-bond acceptors (Lipinski definition) is 10. The van der Waals surface area contributed by atoms with E-state index >= 15 is 0 Å². The van der Waals surface area contributed by atoms with E-state index in [0.29, 0.717) is 40.1 Å². The van der Waals surface area contributed by atoms with E-state index in [2.05, 4.69) is 14.7 Å². The van der Waals surface area contributed by atoms with Gasteiger partial charge in [-0.25, -0.2) is 14.4 Å². The fourth-order valence-corrected chi connectivity index (χ4v) is 2.72. The lowest BCUT2D eigenvalue weighted by Crippen LogP contribution is -1.92. The molecule has 10 nitrogen and oxygen atoms in total. The van der Waals surface area contributed by atoms with Crippen LogP contribution < -0.4 is 23.7 Å². The maximum Gasteiger partial charge on any atom is 0.213 e. The van der Waals surface area contributed by atoms with Crippen LogP contribution in [0.4, 0.5) is 4.39 Å². The Hall–Kier alpha value is -5.55. The van der Waals surface area contributed by atoms with E-state index in [4.69, 9.17) is 34.6 Å². The van der Waals surface area contributed by atoms with Gasteiger partial charge in [0.25, 0.3) is 0 Å². The Labute approximate surface area is 225 Å². The van der Waals surface area contributed by atoms with Crippen molar-refractivity contribution in [3.8, 4) is 52.6 Å². The summed E-state index contributed by atoms with van der Waals surface area (Å²) in [5, 5.41) is 26.0. The van der Waals surface area contributed by atoms with Gasteiger partial charge in [-0.1, -0.05) is 0 Å². The molecule has 0 amide bonds. The second-order valence-electron chi connectivity index (χ2n) is 7.14. The minimum Gasteiger partial charge on any atom is -0.506 e. The van der Waals surface area contributed by atoms with Crippen molar-refractivity contribution in [3.63, 3.8) is 0 Å².